The van der Waals surface area contributed by atoms with Gasteiger partial charge in [-0.2, -0.15) is 0 Å². The van der Waals surface area contributed by atoms with E-state index in [2.05, 4.69) is 18.8 Å². The van der Waals surface area contributed by atoms with Crippen molar-refractivity contribution in [3.8, 4) is 0 Å². The van der Waals surface area contributed by atoms with Crippen LogP contribution in [-0.2, 0) is 0 Å². The van der Waals surface area contributed by atoms with E-state index in [1.54, 1.807) is 6.07 Å². The van der Waals surface area contributed by atoms with Crippen LogP contribution in [0.15, 0.2) is 18.3 Å². The number of hydrogen-bond donors (Lipinski definition) is 0. The highest BCUT2D eigenvalue weighted by molar-refractivity contribution is 5.27. The molecule has 1 heterocycles. The monoisotopic (exact) mass is 264 g/mol. The first kappa shape index (κ1) is 15.6. The van der Waals surface area contributed by atoms with Crippen molar-refractivity contribution in [3.05, 3.63) is 34.1 Å². The predicted molar refractivity (Wildman–Crippen MR) is 77.3 cm³/mol. The molecule has 0 radical (unpaired) electrons. The van der Waals surface area contributed by atoms with Crippen molar-refractivity contribution < 1.29 is 4.92 Å². The van der Waals surface area contributed by atoms with Crippen LogP contribution in [-0.4, -0.2) is 9.91 Å². The molecule has 0 amide bonds. The molecule has 0 aliphatic heterocycles. The molecule has 0 saturated heterocycles. The molecule has 4 heteroatoms. The normalized spacial score (nSPS) is 12.3. The standard InChI is InChI=1S/C15H24N2O2/c1-3-5-7-9-13(8-6-4-2)15-11-10-14(12-16-15)17(18)19/h10-13H,3-9H2,1-2H3. The molecule has 1 aromatic rings. The maximum absolute atomic E-state index is 10.6. The zero-order chi connectivity index (χ0) is 14.1. The second-order valence-electron chi connectivity index (χ2n) is 5.03. The molecule has 0 spiro atoms. The van der Waals surface area contributed by atoms with Crippen LogP contribution >= 0.6 is 0 Å². The van der Waals surface area contributed by atoms with Crippen molar-refractivity contribution in [2.45, 2.75) is 64.7 Å². The molecular formula is C15H24N2O2. The smallest absolute Gasteiger partial charge is 0.258 e. The van der Waals surface area contributed by atoms with Crippen molar-refractivity contribution >= 4 is 5.69 Å². The summed E-state index contributed by atoms with van der Waals surface area (Å²) in [5, 5.41) is 10.6. The Labute approximate surface area is 115 Å². The van der Waals surface area contributed by atoms with Crippen LogP contribution in [0.25, 0.3) is 0 Å². The van der Waals surface area contributed by atoms with Gasteiger partial charge in [-0.05, 0) is 18.9 Å². The Balaban J connectivity index is 2.68. The number of unbranched alkanes of at least 4 members (excludes halogenated alkanes) is 3. The van der Waals surface area contributed by atoms with Crippen molar-refractivity contribution in [2.75, 3.05) is 0 Å². The molecule has 0 fully saturated rings. The molecule has 0 saturated carbocycles. The second-order valence-corrected chi connectivity index (χ2v) is 5.03. The third kappa shape index (κ3) is 5.37. The Hall–Kier alpha value is -1.45. The van der Waals surface area contributed by atoms with Crippen LogP contribution in [0.1, 0.15) is 70.4 Å². The minimum absolute atomic E-state index is 0.0755. The SMILES string of the molecule is CCCCCC(CCCC)c1ccc([N+](=O)[O-])cn1. The summed E-state index contributed by atoms with van der Waals surface area (Å²) in [6.45, 7) is 4.39. The highest BCUT2D eigenvalue weighted by Crippen LogP contribution is 2.27. The van der Waals surface area contributed by atoms with Gasteiger partial charge in [0.2, 0.25) is 0 Å². The van der Waals surface area contributed by atoms with Crippen molar-refractivity contribution in [2.24, 2.45) is 0 Å². The average molecular weight is 264 g/mol. The van der Waals surface area contributed by atoms with Gasteiger partial charge in [0, 0.05) is 17.7 Å². The molecule has 0 aliphatic rings. The fourth-order valence-corrected chi connectivity index (χ4v) is 2.28. The van der Waals surface area contributed by atoms with Crippen LogP contribution < -0.4 is 0 Å². The maximum Gasteiger partial charge on any atom is 0.287 e. The van der Waals surface area contributed by atoms with Crippen LogP contribution in [0.5, 0.6) is 0 Å². The van der Waals surface area contributed by atoms with E-state index in [1.165, 1.54) is 38.3 Å². The molecule has 4 nitrogen and oxygen atoms in total. The summed E-state index contributed by atoms with van der Waals surface area (Å²) < 4.78 is 0. The van der Waals surface area contributed by atoms with E-state index in [0.29, 0.717) is 5.92 Å². The van der Waals surface area contributed by atoms with Crippen LogP contribution in [0, 0.1) is 10.1 Å². The summed E-state index contributed by atoms with van der Waals surface area (Å²) in [5.74, 6) is 0.451. The van der Waals surface area contributed by atoms with E-state index in [9.17, 15) is 10.1 Å². The summed E-state index contributed by atoms with van der Waals surface area (Å²) >= 11 is 0. The molecule has 0 bridgehead atoms. The largest absolute Gasteiger partial charge is 0.287 e. The number of rotatable bonds is 9. The second kappa shape index (κ2) is 8.62. The van der Waals surface area contributed by atoms with Gasteiger partial charge in [-0.15, -0.1) is 0 Å². The molecule has 1 atom stereocenters. The lowest BCUT2D eigenvalue weighted by Gasteiger charge is -2.15. The lowest BCUT2D eigenvalue weighted by molar-refractivity contribution is -0.385. The van der Waals surface area contributed by atoms with Crippen LogP contribution in [0.3, 0.4) is 0 Å². The quantitative estimate of drug-likeness (QED) is 0.364. The Morgan fingerprint density at radius 3 is 2.37 bits per heavy atom. The number of pyridine rings is 1. The van der Waals surface area contributed by atoms with Gasteiger partial charge in [0.15, 0.2) is 0 Å². The summed E-state index contributed by atoms with van der Waals surface area (Å²) in [7, 11) is 0. The maximum atomic E-state index is 10.6. The molecule has 1 rings (SSSR count). The molecule has 0 N–H and O–H groups in total. The van der Waals surface area contributed by atoms with Gasteiger partial charge < -0.3 is 0 Å². The fraction of sp³-hybridized carbons (Fsp3) is 0.667. The highest BCUT2D eigenvalue weighted by Gasteiger charge is 2.14. The lowest BCUT2D eigenvalue weighted by atomic mass is 9.92. The van der Waals surface area contributed by atoms with E-state index in [4.69, 9.17) is 0 Å². The van der Waals surface area contributed by atoms with E-state index in [0.717, 1.165) is 18.5 Å². The predicted octanol–water partition coefficient (Wildman–Crippen LogP) is 4.84. The first-order valence-electron chi connectivity index (χ1n) is 7.29. The van der Waals surface area contributed by atoms with Crippen molar-refractivity contribution in [3.63, 3.8) is 0 Å². The van der Waals surface area contributed by atoms with Gasteiger partial charge >= 0.3 is 0 Å². The molecule has 0 aromatic carbocycles. The third-order valence-electron chi connectivity index (χ3n) is 3.46. The molecular weight excluding hydrogens is 240 g/mol. The van der Waals surface area contributed by atoms with Gasteiger partial charge in [0.05, 0.1) is 4.92 Å². The highest BCUT2D eigenvalue weighted by atomic mass is 16.6. The van der Waals surface area contributed by atoms with E-state index in [-0.39, 0.29) is 5.69 Å². The zero-order valence-electron chi connectivity index (χ0n) is 12.0. The van der Waals surface area contributed by atoms with Gasteiger partial charge in [-0.25, -0.2) is 0 Å². The van der Waals surface area contributed by atoms with E-state index >= 15 is 0 Å². The van der Waals surface area contributed by atoms with Crippen molar-refractivity contribution in [1.82, 2.24) is 4.98 Å². The van der Waals surface area contributed by atoms with Crippen LogP contribution in [0.4, 0.5) is 5.69 Å². The average Bonchev–Trinajstić information content (AvgIpc) is 2.43. The number of nitro groups is 1. The topological polar surface area (TPSA) is 56.0 Å². The Kier molecular flexibility index (Phi) is 7.08. The third-order valence-corrected chi connectivity index (χ3v) is 3.46. The molecule has 0 aliphatic carbocycles. The Morgan fingerprint density at radius 1 is 1.16 bits per heavy atom. The summed E-state index contributed by atoms with van der Waals surface area (Å²) in [6.07, 6.45) is 9.69. The summed E-state index contributed by atoms with van der Waals surface area (Å²) in [6, 6.07) is 3.39. The van der Waals surface area contributed by atoms with E-state index in [1.807, 2.05) is 6.07 Å². The number of aromatic nitrogens is 1. The zero-order valence-corrected chi connectivity index (χ0v) is 12.0. The van der Waals surface area contributed by atoms with E-state index < -0.39 is 4.92 Å². The molecule has 19 heavy (non-hydrogen) atoms. The minimum Gasteiger partial charge on any atom is -0.258 e. The molecule has 1 unspecified atom stereocenters. The summed E-state index contributed by atoms with van der Waals surface area (Å²) in [4.78, 5) is 14.5. The lowest BCUT2D eigenvalue weighted by Crippen LogP contribution is -2.02. The number of hydrogen-bond acceptors (Lipinski definition) is 3. The first-order valence-corrected chi connectivity index (χ1v) is 7.29. The Bertz CT molecular complexity index is 376. The van der Waals surface area contributed by atoms with Gasteiger partial charge in [-0.3, -0.25) is 15.1 Å². The fourth-order valence-electron chi connectivity index (χ4n) is 2.28. The summed E-state index contributed by atoms with van der Waals surface area (Å²) in [5.41, 5.74) is 1.08. The van der Waals surface area contributed by atoms with Gasteiger partial charge in [0.1, 0.15) is 6.20 Å². The minimum atomic E-state index is -0.394. The Morgan fingerprint density at radius 2 is 1.84 bits per heavy atom. The van der Waals surface area contributed by atoms with Gasteiger partial charge in [-0.1, -0.05) is 46.0 Å². The first-order chi connectivity index (χ1) is 9.19. The number of nitrogens with zero attached hydrogens (tertiary/aromatic N) is 2. The molecule has 1 aromatic heterocycles. The van der Waals surface area contributed by atoms with Crippen LogP contribution in [0.2, 0.25) is 0 Å². The molecule has 106 valence electrons. The van der Waals surface area contributed by atoms with Gasteiger partial charge in [0.25, 0.3) is 5.69 Å². The van der Waals surface area contributed by atoms with Crippen molar-refractivity contribution in [1.29, 1.82) is 0 Å².